The minimum atomic E-state index is -4.88. The first-order valence-corrected chi connectivity index (χ1v) is 11.7. The van der Waals surface area contributed by atoms with E-state index in [1.54, 1.807) is 42.5 Å². The molecule has 1 unspecified atom stereocenters. The van der Waals surface area contributed by atoms with E-state index in [0.29, 0.717) is 31.6 Å². The molecule has 0 amide bonds. The SMILES string of the molecule is O=S(Br)c1ccc2ccccc2c1-c1c(OC(F)(F)F)ccc2cc(Cl)ccc12. The number of benzene rings is 4. The minimum absolute atomic E-state index is 0.205. The third-order valence-corrected chi connectivity index (χ3v) is 6.45. The van der Waals surface area contributed by atoms with Crippen molar-refractivity contribution >= 4 is 57.2 Å². The first kappa shape index (κ1) is 20.2. The molecule has 0 spiro atoms. The van der Waals surface area contributed by atoms with Gasteiger partial charge in [-0.3, -0.25) is 0 Å². The summed E-state index contributed by atoms with van der Waals surface area (Å²) in [6, 6.07) is 18.3. The van der Waals surface area contributed by atoms with Crippen LogP contribution in [0, 0.1) is 0 Å². The average Bonchev–Trinajstić information content (AvgIpc) is 2.66. The molecule has 4 rings (SSSR count). The molecular formula is C21H11BrClF3O2S. The van der Waals surface area contributed by atoms with Crippen molar-refractivity contribution in [1.29, 1.82) is 0 Å². The first-order chi connectivity index (χ1) is 13.7. The van der Waals surface area contributed by atoms with Gasteiger partial charge < -0.3 is 4.74 Å². The van der Waals surface area contributed by atoms with Crippen molar-refractivity contribution in [3.63, 3.8) is 0 Å². The molecular weight excluding hydrogens is 489 g/mol. The van der Waals surface area contributed by atoms with Crippen LogP contribution in [0.5, 0.6) is 5.75 Å². The van der Waals surface area contributed by atoms with Crippen LogP contribution < -0.4 is 4.74 Å². The summed E-state index contributed by atoms with van der Waals surface area (Å²) in [6.45, 7) is 0. The second-order valence-electron chi connectivity index (χ2n) is 6.24. The molecule has 0 aliphatic rings. The molecule has 4 aromatic rings. The zero-order valence-corrected chi connectivity index (χ0v) is 17.6. The van der Waals surface area contributed by atoms with E-state index >= 15 is 0 Å². The van der Waals surface area contributed by atoms with Crippen LogP contribution in [-0.4, -0.2) is 10.6 Å². The van der Waals surface area contributed by atoms with Crippen molar-refractivity contribution in [2.24, 2.45) is 0 Å². The van der Waals surface area contributed by atoms with E-state index in [1.165, 1.54) is 12.1 Å². The molecule has 0 saturated carbocycles. The normalized spacial score (nSPS) is 13.0. The van der Waals surface area contributed by atoms with E-state index in [1.807, 2.05) is 12.1 Å². The second kappa shape index (κ2) is 7.63. The Balaban J connectivity index is 2.19. The summed E-state index contributed by atoms with van der Waals surface area (Å²) in [5.74, 6) is -0.372. The van der Waals surface area contributed by atoms with E-state index in [9.17, 15) is 17.4 Å². The number of fused-ring (bicyclic) bond motifs is 2. The molecule has 0 aliphatic carbocycles. The predicted molar refractivity (Wildman–Crippen MR) is 114 cm³/mol. The van der Waals surface area contributed by atoms with Gasteiger partial charge in [0.1, 0.15) is 15.0 Å². The number of rotatable bonds is 3. The number of ether oxygens (including phenoxy) is 1. The van der Waals surface area contributed by atoms with E-state index < -0.39 is 15.6 Å². The summed E-state index contributed by atoms with van der Waals surface area (Å²) in [4.78, 5) is 0.346. The zero-order chi connectivity index (χ0) is 20.8. The monoisotopic (exact) mass is 498 g/mol. The number of halogens is 5. The lowest BCUT2D eigenvalue weighted by Gasteiger charge is -2.19. The third kappa shape index (κ3) is 3.99. The second-order valence-corrected chi connectivity index (χ2v) is 9.32. The van der Waals surface area contributed by atoms with Gasteiger partial charge in [-0.25, -0.2) is 4.21 Å². The average molecular weight is 500 g/mol. The smallest absolute Gasteiger partial charge is 0.405 e. The lowest BCUT2D eigenvalue weighted by atomic mass is 9.93. The Labute approximate surface area is 178 Å². The molecule has 0 aliphatic heterocycles. The Morgan fingerprint density at radius 3 is 2.28 bits per heavy atom. The zero-order valence-electron chi connectivity index (χ0n) is 14.5. The van der Waals surface area contributed by atoms with Gasteiger partial charge in [-0.15, -0.1) is 13.2 Å². The van der Waals surface area contributed by atoms with Crippen LogP contribution in [0.25, 0.3) is 32.7 Å². The van der Waals surface area contributed by atoms with Gasteiger partial charge in [-0.05, 0) is 45.8 Å². The van der Waals surface area contributed by atoms with Gasteiger partial charge in [0.15, 0.2) is 0 Å². The van der Waals surface area contributed by atoms with E-state index in [-0.39, 0.29) is 11.3 Å². The van der Waals surface area contributed by atoms with Crippen LogP contribution in [0.4, 0.5) is 13.2 Å². The highest BCUT2D eigenvalue weighted by Gasteiger charge is 2.33. The summed E-state index contributed by atoms with van der Waals surface area (Å²) in [6.07, 6.45) is -4.88. The van der Waals surface area contributed by atoms with Crippen molar-refractivity contribution in [3.8, 4) is 16.9 Å². The van der Waals surface area contributed by atoms with Gasteiger partial charge in [-0.1, -0.05) is 54.1 Å². The third-order valence-electron chi connectivity index (χ3n) is 4.48. The summed E-state index contributed by atoms with van der Waals surface area (Å²) in [5, 5.41) is 3.06. The van der Waals surface area contributed by atoms with Crippen LogP contribution >= 0.6 is 26.4 Å². The summed E-state index contributed by atoms with van der Waals surface area (Å²) >= 11 is 9.14. The van der Waals surface area contributed by atoms with Crippen molar-refractivity contribution < 1.29 is 22.1 Å². The molecule has 0 radical (unpaired) electrons. The fourth-order valence-corrected chi connectivity index (χ4v) is 4.93. The topological polar surface area (TPSA) is 26.3 Å². The largest absolute Gasteiger partial charge is 0.573 e. The van der Waals surface area contributed by atoms with Crippen LogP contribution in [0.3, 0.4) is 0 Å². The Kier molecular flexibility index (Phi) is 5.31. The minimum Gasteiger partial charge on any atom is -0.405 e. The Morgan fingerprint density at radius 2 is 1.55 bits per heavy atom. The standard InChI is InChI=1S/C21H11BrClF3O2S/c22-29(27)18-10-6-12-3-1-2-4-15(12)20(18)19-16-8-7-14(23)11-13(16)5-9-17(19)28-21(24,25)26/h1-11H. The molecule has 1 atom stereocenters. The van der Waals surface area contributed by atoms with Crippen molar-refractivity contribution in [1.82, 2.24) is 0 Å². The highest BCUT2D eigenvalue weighted by molar-refractivity contribution is 9.46. The van der Waals surface area contributed by atoms with Gasteiger partial charge in [0.05, 0.1) is 4.90 Å². The molecule has 0 fully saturated rings. The molecule has 0 aromatic heterocycles. The van der Waals surface area contributed by atoms with Gasteiger partial charge >= 0.3 is 6.36 Å². The molecule has 4 aromatic carbocycles. The fraction of sp³-hybridized carbons (Fsp3) is 0.0476. The predicted octanol–water partition coefficient (Wildman–Crippen LogP) is 7.63. The van der Waals surface area contributed by atoms with Gasteiger partial charge in [0, 0.05) is 31.0 Å². The summed E-state index contributed by atoms with van der Waals surface area (Å²) in [5.41, 5.74) is 0.613. The lowest BCUT2D eigenvalue weighted by Crippen LogP contribution is -2.17. The van der Waals surface area contributed by atoms with E-state index in [4.69, 9.17) is 11.6 Å². The number of hydrogen-bond donors (Lipinski definition) is 0. The molecule has 0 N–H and O–H groups in total. The summed E-state index contributed by atoms with van der Waals surface area (Å²) < 4.78 is 56.3. The van der Waals surface area contributed by atoms with Crippen molar-refractivity contribution in [3.05, 3.63) is 71.8 Å². The fourth-order valence-electron chi connectivity index (χ4n) is 3.39. The Morgan fingerprint density at radius 1 is 0.862 bits per heavy atom. The molecule has 0 heterocycles. The highest BCUT2D eigenvalue weighted by Crippen LogP contribution is 2.45. The first-order valence-electron chi connectivity index (χ1n) is 8.33. The lowest BCUT2D eigenvalue weighted by molar-refractivity contribution is -0.274. The van der Waals surface area contributed by atoms with Crippen LogP contribution in [-0.2, 0) is 9.23 Å². The van der Waals surface area contributed by atoms with Gasteiger partial charge in [0.2, 0.25) is 0 Å². The van der Waals surface area contributed by atoms with Crippen LogP contribution in [0.15, 0.2) is 71.6 Å². The maximum atomic E-state index is 13.2. The molecule has 29 heavy (non-hydrogen) atoms. The Bertz CT molecular complexity index is 1270. The molecule has 0 saturated heterocycles. The molecule has 0 bridgehead atoms. The molecule has 8 heteroatoms. The quantitative estimate of drug-likeness (QED) is 0.271. The number of hydrogen-bond acceptors (Lipinski definition) is 2. The van der Waals surface area contributed by atoms with Gasteiger partial charge in [-0.2, -0.15) is 0 Å². The molecule has 148 valence electrons. The molecule has 2 nitrogen and oxygen atoms in total. The summed E-state index contributed by atoms with van der Waals surface area (Å²) in [7, 11) is -1.63. The van der Waals surface area contributed by atoms with Crippen molar-refractivity contribution in [2.75, 3.05) is 0 Å². The van der Waals surface area contributed by atoms with Gasteiger partial charge in [0.25, 0.3) is 0 Å². The maximum Gasteiger partial charge on any atom is 0.573 e. The number of alkyl halides is 3. The van der Waals surface area contributed by atoms with Crippen LogP contribution in [0.2, 0.25) is 5.02 Å². The van der Waals surface area contributed by atoms with Crippen LogP contribution in [0.1, 0.15) is 0 Å². The Hall–Kier alpha value is -2.09. The highest BCUT2D eigenvalue weighted by atomic mass is 79.9. The van der Waals surface area contributed by atoms with Crippen molar-refractivity contribution in [2.45, 2.75) is 11.3 Å². The maximum absolute atomic E-state index is 13.2. The van der Waals surface area contributed by atoms with E-state index in [2.05, 4.69) is 19.5 Å². The van der Waals surface area contributed by atoms with E-state index in [0.717, 1.165) is 5.39 Å².